The van der Waals surface area contributed by atoms with Crippen molar-refractivity contribution in [3.63, 3.8) is 0 Å². The quantitative estimate of drug-likeness (QED) is 0.639. The van der Waals surface area contributed by atoms with E-state index in [2.05, 4.69) is 37.5 Å². The molecule has 0 aromatic carbocycles. The van der Waals surface area contributed by atoms with Gasteiger partial charge >= 0.3 is 0 Å². The maximum Gasteiger partial charge on any atom is 0.231 e. The van der Waals surface area contributed by atoms with Crippen LogP contribution in [0.3, 0.4) is 0 Å². The highest BCUT2D eigenvalue weighted by molar-refractivity contribution is 6.36. The zero-order valence-electron chi connectivity index (χ0n) is 15.2. The molecule has 5 rings (SSSR count). The smallest absolute Gasteiger partial charge is 0.231 e. The average molecular weight is 387 g/mol. The van der Waals surface area contributed by atoms with Gasteiger partial charge in [0.1, 0.15) is 11.5 Å². The van der Waals surface area contributed by atoms with E-state index in [0.717, 1.165) is 54.6 Å². The number of fused-ring (bicyclic) bond motifs is 2. The molecule has 27 heavy (non-hydrogen) atoms. The first-order chi connectivity index (χ1) is 13.2. The average Bonchev–Trinajstić information content (AvgIpc) is 3.41. The van der Waals surface area contributed by atoms with Crippen molar-refractivity contribution in [1.82, 2.24) is 30.0 Å². The summed E-state index contributed by atoms with van der Waals surface area (Å²) in [5, 5.41) is 12.7. The van der Waals surface area contributed by atoms with Gasteiger partial charge in [0.05, 0.1) is 22.3 Å². The number of nitrogens with zero attached hydrogens (tertiary/aromatic N) is 5. The Balaban J connectivity index is 1.50. The Morgan fingerprint density at radius 3 is 3.11 bits per heavy atom. The van der Waals surface area contributed by atoms with Gasteiger partial charge in [-0.2, -0.15) is 15.1 Å². The predicted molar refractivity (Wildman–Crippen MR) is 107 cm³/mol. The molecule has 5 heterocycles. The minimum absolute atomic E-state index is 0.528. The van der Waals surface area contributed by atoms with E-state index < -0.39 is 0 Å². The SMILES string of the molecule is CCn1cc(Nc2nc(N3CCC4CCNC4C3)c3c(Cl)c[nH]c3n2)cn1. The summed E-state index contributed by atoms with van der Waals surface area (Å²) in [4.78, 5) is 15.0. The maximum atomic E-state index is 6.46. The summed E-state index contributed by atoms with van der Waals surface area (Å²) in [6, 6.07) is 0.528. The Kier molecular flexibility index (Phi) is 4.17. The molecule has 142 valence electrons. The van der Waals surface area contributed by atoms with E-state index in [-0.39, 0.29) is 0 Å². The van der Waals surface area contributed by atoms with E-state index in [4.69, 9.17) is 16.6 Å². The molecular formula is C18H23ClN8. The molecule has 2 unspecified atom stereocenters. The first-order valence-electron chi connectivity index (χ1n) is 9.53. The lowest BCUT2D eigenvalue weighted by atomic mass is 9.92. The lowest BCUT2D eigenvalue weighted by molar-refractivity contribution is 0.373. The second kappa shape index (κ2) is 6.69. The number of H-pyrrole nitrogens is 1. The molecule has 0 radical (unpaired) electrons. The fourth-order valence-electron chi connectivity index (χ4n) is 4.22. The summed E-state index contributed by atoms with van der Waals surface area (Å²) in [5.41, 5.74) is 1.62. The van der Waals surface area contributed by atoms with E-state index in [1.54, 1.807) is 12.4 Å². The van der Waals surface area contributed by atoms with Crippen molar-refractivity contribution in [2.45, 2.75) is 32.4 Å². The third kappa shape index (κ3) is 3.02. The van der Waals surface area contributed by atoms with Crippen LogP contribution < -0.4 is 15.5 Å². The summed E-state index contributed by atoms with van der Waals surface area (Å²) < 4.78 is 1.86. The van der Waals surface area contributed by atoms with Gasteiger partial charge in [-0.05, 0) is 32.2 Å². The van der Waals surface area contributed by atoms with Crippen LogP contribution in [0.15, 0.2) is 18.6 Å². The second-order valence-electron chi connectivity index (χ2n) is 7.28. The Morgan fingerprint density at radius 2 is 2.26 bits per heavy atom. The van der Waals surface area contributed by atoms with E-state index in [1.165, 1.54) is 12.8 Å². The zero-order valence-corrected chi connectivity index (χ0v) is 16.0. The normalized spacial score (nSPS) is 22.4. The van der Waals surface area contributed by atoms with Crippen LogP contribution in [0.4, 0.5) is 17.5 Å². The summed E-state index contributed by atoms with van der Waals surface area (Å²) in [6.45, 7) is 5.93. The third-order valence-electron chi connectivity index (χ3n) is 5.65. The van der Waals surface area contributed by atoms with Gasteiger partial charge in [0, 0.05) is 38.1 Å². The molecule has 2 fully saturated rings. The Labute approximate surface area is 162 Å². The second-order valence-corrected chi connectivity index (χ2v) is 7.69. The molecule has 0 saturated carbocycles. The lowest BCUT2D eigenvalue weighted by Crippen LogP contribution is -2.46. The highest BCUT2D eigenvalue weighted by Crippen LogP contribution is 2.35. The molecule has 3 N–H and O–H groups in total. The fourth-order valence-corrected chi connectivity index (χ4v) is 4.44. The van der Waals surface area contributed by atoms with Gasteiger partial charge in [-0.3, -0.25) is 4.68 Å². The van der Waals surface area contributed by atoms with Gasteiger partial charge < -0.3 is 20.5 Å². The van der Waals surface area contributed by atoms with Crippen LogP contribution in [0, 0.1) is 5.92 Å². The van der Waals surface area contributed by atoms with Crippen LogP contribution in [-0.2, 0) is 6.54 Å². The number of anilines is 3. The number of piperidine rings is 1. The Bertz CT molecular complexity index is 964. The van der Waals surface area contributed by atoms with Gasteiger partial charge in [0.25, 0.3) is 0 Å². The van der Waals surface area contributed by atoms with Crippen molar-refractivity contribution < 1.29 is 0 Å². The van der Waals surface area contributed by atoms with Crippen molar-refractivity contribution in [3.05, 3.63) is 23.6 Å². The standard InChI is InChI=1S/C18H23ClN8/c1-2-27-9-12(7-22-27)23-18-24-16-15(13(19)8-21-16)17(25-18)26-6-4-11-3-5-20-14(11)10-26/h7-9,11,14,20H,2-6,10H2,1H3,(H2,21,23,24,25). The van der Waals surface area contributed by atoms with Crippen LogP contribution in [0.1, 0.15) is 19.8 Å². The van der Waals surface area contributed by atoms with Gasteiger partial charge in [-0.25, -0.2) is 0 Å². The molecule has 0 bridgehead atoms. The van der Waals surface area contributed by atoms with Crippen molar-refractivity contribution in [2.75, 3.05) is 29.9 Å². The number of aromatic nitrogens is 5. The number of aromatic amines is 1. The summed E-state index contributed by atoms with van der Waals surface area (Å²) >= 11 is 6.46. The molecule has 0 amide bonds. The number of halogens is 1. The summed E-state index contributed by atoms with van der Waals surface area (Å²) in [5.74, 6) is 2.22. The van der Waals surface area contributed by atoms with Crippen molar-refractivity contribution in [2.24, 2.45) is 5.92 Å². The molecule has 2 atom stereocenters. The molecule has 0 spiro atoms. The molecule has 2 aliphatic rings. The number of aryl methyl sites for hydroxylation is 1. The maximum absolute atomic E-state index is 6.46. The fraction of sp³-hybridized carbons (Fsp3) is 0.500. The molecule has 2 aliphatic heterocycles. The Morgan fingerprint density at radius 1 is 1.33 bits per heavy atom. The first-order valence-corrected chi connectivity index (χ1v) is 9.91. The van der Waals surface area contributed by atoms with Crippen molar-refractivity contribution in [3.8, 4) is 0 Å². The van der Waals surface area contributed by atoms with Crippen molar-refractivity contribution in [1.29, 1.82) is 0 Å². The monoisotopic (exact) mass is 386 g/mol. The minimum Gasteiger partial charge on any atom is -0.354 e. The summed E-state index contributed by atoms with van der Waals surface area (Å²) in [7, 11) is 0. The molecule has 3 aromatic rings. The van der Waals surface area contributed by atoms with Gasteiger partial charge in [-0.1, -0.05) is 11.6 Å². The van der Waals surface area contributed by atoms with Crippen LogP contribution in [0.5, 0.6) is 0 Å². The van der Waals surface area contributed by atoms with Crippen molar-refractivity contribution >= 4 is 40.1 Å². The minimum atomic E-state index is 0.528. The zero-order chi connectivity index (χ0) is 18.4. The Hall–Kier alpha value is -2.32. The molecule has 3 aromatic heterocycles. The van der Waals surface area contributed by atoms with Gasteiger partial charge in [0.15, 0.2) is 0 Å². The molecule has 9 heteroatoms. The first kappa shape index (κ1) is 16.8. The van der Waals surface area contributed by atoms with E-state index >= 15 is 0 Å². The molecule has 2 saturated heterocycles. The van der Waals surface area contributed by atoms with Crippen LogP contribution in [0.25, 0.3) is 11.0 Å². The van der Waals surface area contributed by atoms with Gasteiger partial charge in [0.2, 0.25) is 5.95 Å². The highest BCUT2D eigenvalue weighted by atomic mass is 35.5. The molecule has 0 aliphatic carbocycles. The number of hydrogen-bond donors (Lipinski definition) is 3. The number of nitrogens with one attached hydrogen (secondary N) is 3. The number of rotatable bonds is 4. The van der Waals surface area contributed by atoms with Crippen LogP contribution >= 0.6 is 11.6 Å². The number of hydrogen-bond acceptors (Lipinski definition) is 6. The van der Waals surface area contributed by atoms with Crippen LogP contribution in [-0.4, -0.2) is 50.4 Å². The molecule has 8 nitrogen and oxygen atoms in total. The third-order valence-corrected chi connectivity index (χ3v) is 5.95. The molecular weight excluding hydrogens is 364 g/mol. The summed E-state index contributed by atoms with van der Waals surface area (Å²) in [6.07, 6.45) is 7.97. The van der Waals surface area contributed by atoms with E-state index in [9.17, 15) is 0 Å². The largest absolute Gasteiger partial charge is 0.354 e. The highest BCUT2D eigenvalue weighted by Gasteiger charge is 2.34. The van der Waals surface area contributed by atoms with Gasteiger partial charge in [-0.15, -0.1) is 0 Å². The van der Waals surface area contributed by atoms with Crippen LogP contribution in [0.2, 0.25) is 5.02 Å². The predicted octanol–water partition coefficient (Wildman–Crippen LogP) is 2.76. The van der Waals surface area contributed by atoms with E-state index in [0.29, 0.717) is 17.0 Å². The topological polar surface area (TPSA) is 86.7 Å². The lowest BCUT2D eigenvalue weighted by Gasteiger charge is -2.36. The van der Waals surface area contributed by atoms with E-state index in [1.807, 2.05) is 10.9 Å².